The second-order valence-electron chi connectivity index (χ2n) is 11.2. The molecule has 4 N–H and O–H groups in total. The predicted octanol–water partition coefficient (Wildman–Crippen LogP) is 3.88. The number of rotatable bonds is 8. The fourth-order valence-electron chi connectivity index (χ4n) is 6.13. The van der Waals surface area contributed by atoms with Gasteiger partial charge in [-0.3, -0.25) is 19.1 Å². The number of carbonyl (C=O) groups is 3. The van der Waals surface area contributed by atoms with Crippen LogP contribution >= 0.6 is 0 Å². The van der Waals surface area contributed by atoms with Crippen molar-refractivity contribution in [3.63, 3.8) is 0 Å². The molecule has 0 bridgehead atoms. The molecule has 2 amide bonds. The summed E-state index contributed by atoms with van der Waals surface area (Å²) in [5, 5.41) is 5.41. The van der Waals surface area contributed by atoms with Gasteiger partial charge in [-0.25, -0.2) is 14.3 Å². The summed E-state index contributed by atoms with van der Waals surface area (Å²) in [6.45, 7) is 10.1. The molecule has 0 saturated carbocycles. The summed E-state index contributed by atoms with van der Waals surface area (Å²) in [4.78, 5) is 42.9. The molecule has 0 radical (unpaired) electrons. The van der Waals surface area contributed by atoms with E-state index in [0.717, 1.165) is 70.4 Å². The molecule has 0 atom stereocenters. The third-order valence-electron chi connectivity index (χ3n) is 8.24. The Hall–Kier alpha value is -4.25. The molecule has 1 saturated heterocycles. The van der Waals surface area contributed by atoms with E-state index in [-0.39, 0.29) is 37.3 Å². The van der Waals surface area contributed by atoms with E-state index >= 15 is 0 Å². The van der Waals surface area contributed by atoms with Gasteiger partial charge in [0.2, 0.25) is 11.8 Å². The largest absolute Gasteiger partial charge is 0.449 e. The van der Waals surface area contributed by atoms with Crippen molar-refractivity contribution in [2.75, 3.05) is 26.2 Å². The van der Waals surface area contributed by atoms with Crippen molar-refractivity contribution in [1.29, 1.82) is 0 Å². The van der Waals surface area contributed by atoms with Crippen molar-refractivity contribution in [3.8, 4) is 11.3 Å². The number of nitrogens with zero attached hydrogens (tertiary/aromatic N) is 5. The smallest absolute Gasteiger partial charge is 0.404 e. The molecule has 3 aromatic heterocycles. The highest BCUT2D eigenvalue weighted by molar-refractivity contribution is 6.02. The number of pyridine rings is 1. The lowest BCUT2D eigenvalue weighted by Gasteiger charge is -2.31. The zero-order valence-electron chi connectivity index (χ0n) is 24.0. The van der Waals surface area contributed by atoms with Crippen molar-refractivity contribution in [2.24, 2.45) is 11.5 Å². The first kappa shape index (κ1) is 28.3. The number of hydrogen-bond donors (Lipinski definition) is 2. The van der Waals surface area contributed by atoms with Gasteiger partial charge in [-0.05, 0) is 86.0 Å². The number of nitrogens with two attached hydrogens (primary N) is 2. The van der Waals surface area contributed by atoms with Crippen LogP contribution in [-0.4, -0.2) is 68.2 Å². The summed E-state index contributed by atoms with van der Waals surface area (Å²) in [6.07, 6.45) is 4.39. The summed E-state index contributed by atoms with van der Waals surface area (Å²) in [7, 11) is 0. The van der Waals surface area contributed by atoms with E-state index in [9.17, 15) is 14.4 Å². The first-order chi connectivity index (χ1) is 19.6. The van der Waals surface area contributed by atoms with Gasteiger partial charge in [0.15, 0.2) is 5.65 Å². The summed E-state index contributed by atoms with van der Waals surface area (Å²) >= 11 is 0. The first-order valence-corrected chi connectivity index (χ1v) is 14.0. The Balaban J connectivity index is 1.67. The molecule has 4 aromatic rings. The monoisotopic (exact) mass is 559 g/mol. The average Bonchev–Trinajstić information content (AvgIpc) is 3.53. The topological polar surface area (TPSA) is 151 Å². The Kier molecular flexibility index (Phi) is 7.81. The Bertz CT molecular complexity index is 1640. The SMILES string of the molecule is Cc1c(-c2c(C(C)C)c3cc(C4CCN(CC(N)=O)CC4)ccc3n2C(=O)CCOC(N)=O)cn2ncnc2c1C. The van der Waals surface area contributed by atoms with E-state index < -0.39 is 6.09 Å². The molecule has 1 aliphatic rings. The van der Waals surface area contributed by atoms with Crippen molar-refractivity contribution in [3.05, 3.63) is 53.0 Å². The fourth-order valence-corrected chi connectivity index (χ4v) is 6.13. The standard InChI is InChI=1S/C30H37N7O4/c1-17(2)27-22-13-21(20-7-10-35(11-8-20)15-25(31)38)5-6-24(22)37(26(39)9-12-41-30(32)40)28(27)23-14-36-29(33-16-34-36)19(4)18(23)3/h5-6,13-14,16-17,20H,7-12,15H2,1-4H3,(H2,31,38)(H2,32,40). The Morgan fingerprint density at radius 2 is 1.83 bits per heavy atom. The number of fused-ring (bicyclic) bond motifs is 2. The molecule has 0 spiro atoms. The summed E-state index contributed by atoms with van der Waals surface area (Å²) in [5.74, 6) is -0.0602. The van der Waals surface area contributed by atoms with Gasteiger partial charge in [-0.2, -0.15) is 5.10 Å². The number of hydrogen-bond acceptors (Lipinski definition) is 7. The van der Waals surface area contributed by atoms with Crippen molar-refractivity contribution in [2.45, 2.75) is 58.8 Å². The lowest BCUT2D eigenvalue weighted by molar-refractivity contribution is -0.119. The normalized spacial score (nSPS) is 14.8. The molecule has 41 heavy (non-hydrogen) atoms. The minimum absolute atomic E-state index is 0.0130. The Labute approximate surface area is 238 Å². The zero-order valence-corrected chi connectivity index (χ0v) is 24.0. The molecule has 1 fully saturated rings. The highest BCUT2D eigenvalue weighted by atomic mass is 16.5. The quantitative estimate of drug-likeness (QED) is 0.332. The molecule has 4 heterocycles. The second-order valence-corrected chi connectivity index (χ2v) is 11.2. The molecular formula is C30H37N7O4. The number of aromatic nitrogens is 4. The number of piperidine rings is 1. The fraction of sp³-hybridized carbons (Fsp3) is 0.433. The molecule has 11 heteroatoms. The third kappa shape index (κ3) is 5.41. The van der Waals surface area contributed by atoms with Gasteiger partial charge in [0.1, 0.15) is 12.9 Å². The van der Waals surface area contributed by atoms with Crippen LogP contribution in [0.4, 0.5) is 4.79 Å². The maximum Gasteiger partial charge on any atom is 0.404 e. The average molecular weight is 560 g/mol. The van der Waals surface area contributed by atoms with Gasteiger partial charge >= 0.3 is 6.09 Å². The van der Waals surface area contributed by atoms with E-state index in [1.807, 2.05) is 26.1 Å². The molecule has 11 nitrogen and oxygen atoms in total. The van der Waals surface area contributed by atoms with Crippen molar-refractivity contribution in [1.82, 2.24) is 24.1 Å². The number of carbonyl (C=O) groups excluding carboxylic acids is 3. The molecule has 1 aliphatic heterocycles. The molecule has 216 valence electrons. The summed E-state index contributed by atoms with van der Waals surface area (Å²) < 4.78 is 8.43. The Morgan fingerprint density at radius 1 is 1.10 bits per heavy atom. The molecule has 0 aliphatic carbocycles. The van der Waals surface area contributed by atoms with Crippen molar-refractivity contribution < 1.29 is 19.1 Å². The number of likely N-dealkylation sites (tertiary alicyclic amines) is 1. The maximum atomic E-state index is 13.8. The number of ether oxygens (including phenoxy) is 1. The second kappa shape index (κ2) is 11.3. The number of aryl methyl sites for hydroxylation is 1. The molecular weight excluding hydrogens is 522 g/mol. The van der Waals surface area contributed by atoms with E-state index in [1.54, 1.807) is 9.08 Å². The van der Waals surface area contributed by atoms with Crippen LogP contribution < -0.4 is 11.5 Å². The van der Waals surface area contributed by atoms with Crippen LogP contribution in [0.2, 0.25) is 0 Å². The minimum Gasteiger partial charge on any atom is -0.449 e. The van der Waals surface area contributed by atoms with Crippen LogP contribution in [0.25, 0.3) is 27.8 Å². The highest BCUT2D eigenvalue weighted by Gasteiger charge is 2.28. The van der Waals surface area contributed by atoms with Gasteiger partial charge in [-0.15, -0.1) is 0 Å². The molecule has 0 unspecified atom stereocenters. The molecule has 5 rings (SSSR count). The lowest BCUT2D eigenvalue weighted by atomic mass is 9.87. The van der Waals surface area contributed by atoms with E-state index in [1.165, 1.54) is 11.9 Å². The predicted molar refractivity (Wildman–Crippen MR) is 156 cm³/mol. The number of primary amides is 2. The van der Waals surface area contributed by atoms with Crippen molar-refractivity contribution >= 4 is 34.5 Å². The van der Waals surface area contributed by atoms with Gasteiger partial charge in [-0.1, -0.05) is 19.9 Å². The zero-order chi connectivity index (χ0) is 29.4. The summed E-state index contributed by atoms with van der Waals surface area (Å²) in [6, 6.07) is 6.36. The van der Waals surface area contributed by atoms with Crippen LogP contribution in [0.5, 0.6) is 0 Å². The number of amides is 2. The van der Waals surface area contributed by atoms with Gasteiger partial charge in [0.25, 0.3) is 0 Å². The van der Waals surface area contributed by atoms with Crippen LogP contribution in [-0.2, 0) is 9.53 Å². The van der Waals surface area contributed by atoms with Crippen LogP contribution in [0.15, 0.2) is 30.7 Å². The van der Waals surface area contributed by atoms with E-state index in [2.05, 4.69) is 41.0 Å². The highest BCUT2D eigenvalue weighted by Crippen LogP contribution is 2.42. The van der Waals surface area contributed by atoms with Gasteiger partial charge in [0.05, 0.1) is 24.2 Å². The first-order valence-electron chi connectivity index (χ1n) is 14.0. The van der Waals surface area contributed by atoms with E-state index in [0.29, 0.717) is 5.92 Å². The van der Waals surface area contributed by atoms with Crippen LogP contribution in [0.1, 0.15) is 72.0 Å². The lowest BCUT2D eigenvalue weighted by Crippen LogP contribution is -2.39. The molecule has 1 aromatic carbocycles. The summed E-state index contributed by atoms with van der Waals surface area (Å²) in [5.41, 5.74) is 18.1. The Morgan fingerprint density at radius 3 is 2.49 bits per heavy atom. The van der Waals surface area contributed by atoms with Crippen LogP contribution in [0, 0.1) is 13.8 Å². The van der Waals surface area contributed by atoms with E-state index in [4.69, 9.17) is 16.2 Å². The van der Waals surface area contributed by atoms with Gasteiger partial charge < -0.3 is 16.2 Å². The minimum atomic E-state index is -0.909. The van der Waals surface area contributed by atoms with Crippen LogP contribution in [0.3, 0.4) is 0 Å². The third-order valence-corrected chi connectivity index (χ3v) is 8.24. The van der Waals surface area contributed by atoms with Gasteiger partial charge in [0, 0.05) is 17.1 Å². The maximum absolute atomic E-state index is 13.8. The number of benzene rings is 1.